The lowest BCUT2D eigenvalue weighted by Crippen LogP contribution is -2.11. The highest BCUT2D eigenvalue weighted by Crippen LogP contribution is 2.30. The molecule has 1 aromatic heterocycles. The van der Waals surface area contributed by atoms with Crippen LogP contribution in [0.15, 0.2) is 28.1 Å². The van der Waals surface area contributed by atoms with Crippen molar-refractivity contribution < 1.29 is 9.53 Å². The fraction of sp³-hybridized carbons (Fsp3) is 0.312. The van der Waals surface area contributed by atoms with Gasteiger partial charge >= 0.3 is 0 Å². The standard InChI is InChI=1S/C16H18BrNO2S/c1-4-7-20-13-8-10(2)5-6-12(13)18-16(19)14-9-11(3)15(17)21-14/h5-6,8-9H,4,7H2,1-3H3,(H,18,19). The zero-order valence-electron chi connectivity index (χ0n) is 12.3. The molecule has 0 fully saturated rings. The monoisotopic (exact) mass is 367 g/mol. The molecular formula is C16H18BrNO2S. The number of nitrogens with one attached hydrogen (secondary N) is 1. The average Bonchev–Trinajstić information content (AvgIpc) is 2.79. The first-order valence-electron chi connectivity index (χ1n) is 6.82. The Balaban J connectivity index is 2.20. The van der Waals surface area contributed by atoms with Crippen LogP contribution >= 0.6 is 27.3 Å². The van der Waals surface area contributed by atoms with E-state index in [1.807, 2.05) is 38.1 Å². The van der Waals surface area contributed by atoms with E-state index in [9.17, 15) is 4.79 Å². The van der Waals surface area contributed by atoms with E-state index in [1.54, 1.807) is 0 Å². The van der Waals surface area contributed by atoms with Crippen LogP contribution in [0, 0.1) is 13.8 Å². The van der Waals surface area contributed by atoms with Crippen LogP contribution in [0.5, 0.6) is 5.75 Å². The molecule has 5 heteroatoms. The number of benzene rings is 1. The summed E-state index contributed by atoms with van der Waals surface area (Å²) in [6.45, 7) is 6.67. The number of halogens is 1. The summed E-state index contributed by atoms with van der Waals surface area (Å²) < 4.78 is 6.70. The van der Waals surface area contributed by atoms with E-state index in [0.717, 1.165) is 27.1 Å². The molecule has 1 N–H and O–H groups in total. The van der Waals surface area contributed by atoms with Crippen molar-refractivity contribution in [2.75, 3.05) is 11.9 Å². The van der Waals surface area contributed by atoms with Gasteiger partial charge in [-0.2, -0.15) is 0 Å². The Morgan fingerprint density at radius 2 is 2.10 bits per heavy atom. The summed E-state index contributed by atoms with van der Waals surface area (Å²) >= 11 is 4.87. The highest BCUT2D eigenvalue weighted by Gasteiger charge is 2.14. The molecule has 0 saturated heterocycles. The van der Waals surface area contributed by atoms with Gasteiger partial charge in [0.2, 0.25) is 0 Å². The summed E-state index contributed by atoms with van der Waals surface area (Å²) in [5.41, 5.74) is 2.88. The van der Waals surface area contributed by atoms with Gasteiger partial charge in [-0.05, 0) is 65.5 Å². The van der Waals surface area contributed by atoms with Gasteiger partial charge in [0.15, 0.2) is 0 Å². The van der Waals surface area contributed by atoms with Crippen LogP contribution in [0.1, 0.15) is 34.1 Å². The Morgan fingerprint density at radius 3 is 2.71 bits per heavy atom. The highest BCUT2D eigenvalue weighted by molar-refractivity contribution is 9.11. The molecule has 0 atom stereocenters. The molecule has 0 aliphatic carbocycles. The smallest absolute Gasteiger partial charge is 0.265 e. The second-order valence-corrected chi connectivity index (χ2v) is 7.24. The van der Waals surface area contributed by atoms with Crippen molar-refractivity contribution in [1.29, 1.82) is 0 Å². The zero-order valence-corrected chi connectivity index (χ0v) is 14.7. The SMILES string of the molecule is CCCOc1cc(C)ccc1NC(=O)c1cc(C)c(Br)s1. The first kappa shape index (κ1) is 16.0. The van der Waals surface area contributed by atoms with Gasteiger partial charge in [0.1, 0.15) is 5.75 Å². The molecule has 0 aliphatic heterocycles. The molecule has 112 valence electrons. The van der Waals surface area contributed by atoms with E-state index >= 15 is 0 Å². The average molecular weight is 368 g/mol. The second-order valence-electron chi connectivity index (χ2n) is 4.87. The number of ether oxygens (including phenoxy) is 1. The zero-order chi connectivity index (χ0) is 15.4. The summed E-state index contributed by atoms with van der Waals surface area (Å²) in [5, 5.41) is 2.93. The lowest BCUT2D eigenvalue weighted by molar-refractivity contribution is 0.103. The molecule has 2 rings (SSSR count). The Morgan fingerprint density at radius 1 is 1.33 bits per heavy atom. The van der Waals surface area contributed by atoms with E-state index in [1.165, 1.54) is 11.3 Å². The predicted octanol–water partition coefficient (Wildman–Crippen LogP) is 5.17. The van der Waals surface area contributed by atoms with Crippen LogP contribution < -0.4 is 10.1 Å². The number of anilines is 1. The quantitative estimate of drug-likeness (QED) is 0.791. The third-order valence-corrected chi connectivity index (χ3v) is 5.06. The van der Waals surface area contributed by atoms with Crippen molar-refractivity contribution in [3.63, 3.8) is 0 Å². The van der Waals surface area contributed by atoms with Crippen molar-refractivity contribution in [2.24, 2.45) is 0 Å². The number of carbonyl (C=O) groups is 1. The fourth-order valence-electron chi connectivity index (χ4n) is 1.82. The van der Waals surface area contributed by atoms with E-state index < -0.39 is 0 Å². The molecule has 0 spiro atoms. The third-order valence-electron chi connectivity index (χ3n) is 2.93. The van der Waals surface area contributed by atoms with Crippen LogP contribution in [0.4, 0.5) is 5.69 Å². The van der Waals surface area contributed by atoms with Crippen LogP contribution in [-0.2, 0) is 0 Å². The van der Waals surface area contributed by atoms with E-state index in [-0.39, 0.29) is 5.91 Å². The minimum atomic E-state index is -0.112. The van der Waals surface area contributed by atoms with Gasteiger partial charge in [0.25, 0.3) is 5.91 Å². The maximum Gasteiger partial charge on any atom is 0.265 e. The Bertz CT molecular complexity index is 632. The largest absolute Gasteiger partial charge is 0.491 e. The van der Waals surface area contributed by atoms with Crippen LogP contribution in [0.25, 0.3) is 0 Å². The molecule has 0 unspecified atom stereocenters. The number of hydrogen-bond donors (Lipinski definition) is 1. The lowest BCUT2D eigenvalue weighted by Gasteiger charge is -2.12. The molecule has 3 nitrogen and oxygen atoms in total. The van der Waals surface area contributed by atoms with Gasteiger partial charge < -0.3 is 10.1 Å². The second kappa shape index (κ2) is 7.09. The Labute approximate surface area is 137 Å². The maximum atomic E-state index is 12.3. The molecule has 0 bridgehead atoms. The molecule has 0 saturated carbocycles. The van der Waals surface area contributed by atoms with E-state index in [0.29, 0.717) is 17.2 Å². The number of rotatable bonds is 5. The number of hydrogen-bond acceptors (Lipinski definition) is 3. The topological polar surface area (TPSA) is 38.3 Å². The first-order valence-corrected chi connectivity index (χ1v) is 8.43. The summed E-state index contributed by atoms with van der Waals surface area (Å²) in [7, 11) is 0. The number of carbonyl (C=O) groups excluding carboxylic acids is 1. The molecule has 0 aliphatic rings. The van der Waals surface area contributed by atoms with Gasteiger partial charge in [0.05, 0.1) is 21.0 Å². The Hall–Kier alpha value is -1.33. The molecule has 21 heavy (non-hydrogen) atoms. The first-order chi connectivity index (χ1) is 10.0. The lowest BCUT2D eigenvalue weighted by atomic mass is 10.2. The predicted molar refractivity (Wildman–Crippen MR) is 91.7 cm³/mol. The van der Waals surface area contributed by atoms with Crippen molar-refractivity contribution in [2.45, 2.75) is 27.2 Å². The Kier molecular flexibility index (Phi) is 5.42. The van der Waals surface area contributed by atoms with Crippen molar-refractivity contribution in [3.8, 4) is 5.75 Å². The van der Waals surface area contributed by atoms with Crippen molar-refractivity contribution in [3.05, 3.63) is 44.1 Å². The number of thiophene rings is 1. The third kappa shape index (κ3) is 4.08. The summed E-state index contributed by atoms with van der Waals surface area (Å²) in [5.74, 6) is 0.608. The number of aryl methyl sites for hydroxylation is 2. The maximum absolute atomic E-state index is 12.3. The van der Waals surface area contributed by atoms with E-state index in [2.05, 4.69) is 28.2 Å². The highest BCUT2D eigenvalue weighted by atomic mass is 79.9. The van der Waals surface area contributed by atoms with Crippen molar-refractivity contribution >= 4 is 38.9 Å². The molecule has 0 radical (unpaired) electrons. The van der Waals surface area contributed by atoms with E-state index in [4.69, 9.17) is 4.74 Å². The fourth-order valence-corrected chi connectivity index (χ4v) is 3.25. The van der Waals surface area contributed by atoms with Gasteiger partial charge in [-0.3, -0.25) is 4.79 Å². The summed E-state index contributed by atoms with van der Waals surface area (Å²) in [4.78, 5) is 13.0. The van der Waals surface area contributed by atoms with Crippen LogP contribution in [0.2, 0.25) is 0 Å². The van der Waals surface area contributed by atoms with Crippen molar-refractivity contribution in [1.82, 2.24) is 0 Å². The minimum Gasteiger partial charge on any atom is -0.491 e. The molecule has 1 amide bonds. The van der Waals surface area contributed by atoms with Gasteiger partial charge in [0, 0.05) is 0 Å². The van der Waals surface area contributed by atoms with Gasteiger partial charge in [-0.1, -0.05) is 13.0 Å². The molecule has 1 heterocycles. The normalized spacial score (nSPS) is 10.5. The summed E-state index contributed by atoms with van der Waals surface area (Å²) in [6, 6.07) is 7.67. The number of amides is 1. The molecule has 2 aromatic rings. The van der Waals surface area contributed by atoms with Gasteiger partial charge in [-0.15, -0.1) is 11.3 Å². The van der Waals surface area contributed by atoms with Crippen LogP contribution in [-0.4, -0.2) is 12.5 Å². The molecular weight excluding hydrogens is 350 g/mol. The summed E-state index contributed by atoms with van der Waals surface area (Å²) in [6.07, 6.45) is 0.929. The van der Waals surface area contributed by atoms with Gasteiger partial charge in [-0.25, -0.2) is 0 Å². The van der Waals surface area contributed by atoms with Crippen LogP contribution in [0.3, 0.4) is 0 Å². The minimum absolute atomic E-state index is 0.112. The molecule has 1 aromatic carbocycles.